The number of fused-ring (bicyclic) bond motifs is 1. The molecule has 0 bridgehead atoms. The molecule has 156 valence electrons. The van der Waals surface area contributed by atoms with Gasteiger partial charge in [-0.1, -0.05) is 0 Å². The van der Waals surface area contributed by atoms with E-state index in [1.807, 2.05) is 30.5 Å². The highest BCUT2D eigenvalue weighted by atomic mass is 32.1. The smallest absolute Gasteiger partial charge is 0.226 e. The monoisotopic (exact) mass is 424 g/mol. The van der Waals surface area contributed by atoms with Crippen molar-refractivity contribution in [3.05, 3.63) is 52.1 Å². The molecule has 0 saturated carbocycles. The number of benzene rings is 1. The molecular weight excluding hydrogens is 400 g/mol. The molecule has 3 aromatic rings. The van der Waals surface area contributed by atoms with Crippen molar-refractivity contribution in [1.29, 1.82) is 0 Å². The van der Waals surface area contributed by atoms with Gasteiger partial charge in [-0.15, -0.1) is 11.3 Å². The first kappa shape index (κ1) is 19.3. The summed E-state index contributed by atoms with van der Waals surface area (Å²) in [4.78, 5) is 17.3. The van der Waals surface area contributed by atoms with Crippen molar-refractivity contribution in [3.8, 4) is 17.0 Å². The highest BCUT2D eigenvalue weighted by Crippen LogP contribution is 2.45. The predicted octanol–water partition coefficient (Wildman–Crippen LogP) is 3.57. The van der Waals surface area contributed by atoms with Crippen LogP contribution in [0.25, 0.3) is 11.3 Å². The minimum absolute atomic E-state index is 0.0210. The van der Waals surface area contributed by atoms with Crippen molar-refractivity contribution in [2.75, 3.05) is 13.2 Å². The number of thiazole rings is 1. The van der Waals surface area contributed by atoms with Crippen molar-refractivity contribution in [3.63, 3.8) is 0 Å². The van der Waals surface area contributed by atoms with Crippen LogP contribution in [0.2, 0.25) is 0 Å². The third-order valence-electron chi connectivity index (χ3n) is 5.85. The number of nitrogens with zero attached hydrogens (tertiary/aromatic N) is 2. The van der Waals surface area contributed by atoms with Crippen molar-refractivity contribution < 1.29 is 14.3 Å². The van der Waals surface area contributed by atoms with E-state index >= 15 is 0 Å². The van der Waals surface area contributed by atoms with Gasteiger partial charge in [0.2, 0.25) is 5.91 Å². The second kappa shape index (κ2) is 7.85. The molecule has 1 aromatic carbocycles. The third kappa shape index (κ3) is 3.85. The second-order valence-corrected chi connectivity index (χ2v) is 9.04. The maximum atomic E-state index is 12.9. The Morgan fingerprint density at radius 2 is 2.20 bits per heavy atom. The van der Waals surface area contributed by atoms with Crippen molar-refractivity contribution in [2.45, 2.75) is 44.2 Å². The van der Waals surface area contributed by atoms with Crippen molar-refractivity contribution in [1.82, 2.24) is 20.5 Å². The van der Waals surface area contributed by atoms with Gasteiger partial charge in [0.15, 0.2) is 0 Å². The molecule has 7 nitrogen and oxygen atoms in total. The fraction of sp³-hybridized carbons (Fsp3) is 0.409. The molecule has 1 atom stereocenters. The van der Waals surface area contributed by atoms with Crippen LogP contribution in [0.3, 0.4) is 0 Å². The third-order valence-corrected chi connectivity index (χ3v) is 6.67. The Morgan fingerprint density at radius 3 is 2.93 bits per heavy atom. The number of aromatic amines is 1. The van der Waals surface area contributed by atoms with Gasteiger partial charge >= 0.3 is 0 Å². The molecule has 1 amide bonds. The summed E-state index contributed by atoms with van der Waals surface area (Å²) in [6.45, 7) is 3.31. The average Bonchev–Trinajstić information content (AvgIpc) is 3.40. The van der Waals surface area contributed by atoms with Gasteiger partial charge in [0, 0.05) is 42.0 Å². The Kier molecular flexibility index (Phi) is 5.04. The molecule has 1 saturated heterocycles. The van der Waals surface area contributed by atoms with Gasteiger partial charge in [-0.3, -0.25) is 9.89 Å². The molecule has 30 heavy (non-hydrogen) atoms. The lowest BCUT2D eigenvalue weighted by atomic mass is 9.81. The number of aryl methyl sites for hydroxylation is 1. The maximum Gasteiger partial charge on any atom is 0.226 e. The average molecular weight is 425 g/mol. The molecular formula is C22H24N4O3S. The number of H-pyrrole nitrogens is 1. The van der Waals surface area contributed by atoms with E-state index < -0.39 is 0 Å². The lowest BCUT2D eigenvalue weighted by Gasteiger charge is -2.44. The maximum absolute atomic E-state index is 12.9. The van der Waals surface area contributed by atoms with E-state index in [2.05, 4.69) is 26.6 Å². The number of nitrogens with one attached hydrogen (secondary N) is 2. The summed E-state index contributed by atoms with van der Waals surface area (Å²) in [5, 5.41) is 13.2. The lowest BCUT2D eigenvalue weighted by molar-refractivity contribution is -0.122. The molecule has 4 heterocycles. The van der Waals surface area contributed by atoms with Gasteiger partial charge in [-0.05, 0) is 31.2 Å². The van der Waals surface area contributed by atoms with E-state index in [0.717, 1.165) is 52.5 Å². The number of amides is 1. The Balaban J connectivity index is 1.44. The van der Waals surface area contributed by atoms with E-state index in [4.69, 9.17) is 9.47 Å². The standard InChI is InChI=1S/C22H24N4O3S/c1-14-24-16(13-30-14)11-21(27)25-19-12-22(5-8-28-9-6-22)29-20-3-2-15(10-17(19)20)18-4-7-23-26-18/h2-4,7,10,13,19H,5-6,8-9,11-12H2,1H3,(H,23,26)(H,25,27). The Labute approximate surface area is 178 Å². The first-order chi connectivity index (χ1) is 14.6. The molecule has 2 aliphatic heterocycles. The fourth-order valence-electron chi connectivity index (χ4n) is 4.33. The van der Waals surface area contributed by atoms with Gasteiger partial charge < -0.3 is 14.8 Å². The van der Waals surface area contributed by atoms with Gasteiger partial charge in [-0.2, -0.15) is 5.10 Å². The molecule has 2 aromatic heterocycles. The number of rotatable bonds is 4. The highest BCUT2D eigenvalue weighted by Gasteiger charge is 2.42. The number of ether oxygens (including phenoxy) is 2. The van der Waals surface area contributed by atoms with Crippen LogP contribution in [-0.4, -0.2) is 39.9 Å². The number of aromatic nitrogens is 3. The zero-order valence-corrected chi connectivity index (χ0v) is 17.6. The zero-order valence-electron chi connectivity index (χ0n) is 16.8. The Bertz CT molecular complexity index is 1040. The van der Waals surface area contributed by atoms with Crippen LogP contribution in [0, 0.1) is 6.92 Å². The van der Waals surface area contributed by atoms with Crippen LogP contribution in [0.4, 0.5) is 0 Å². The van der Waals surface area contributed by atoms with Crippen LogP contribution >= 0.6 is 11.3 Å². The summed E-state index contributed by atoms with van der Waals surface area (Å²) in [7, 11) is 0. The van der Waals surface area contributed by atoms with Gasteiger partial charge in [0.1, 0.15) is 11.4 Å². The second-order valence-electron chi connectivity index (χ2n) is 7.98. The van der Waals surface area contributed by atoms with E-state index in [-0.39, 0.29) is 24.0 Å². The normalized spacial score (nSPS) is 19.8. The molecule has 1 fully saturated rings. The number of carbonyl (C=O) groups is 1. The number of carbonyl (C=O) groups excluding carboxylic acids is 1. The zero-order chi connectivity index (χ0) is 20.6. The van der Waals surface area contributed by atoms with Gasteiger partial charge in [0.05, 0.1) is 42.1 Å². The summed E-state index contributed by atoms with van der Waals surface area (Å²) in [5.74, 6) is 0.813. The number of hydrogen-bond donors (Lipinski definition) is 2. The van der Waals surface area contributed by atoms with Crippen LogP contribution in [0.1, 0.15) is 41.6 Å². The van der Waals surface area contributed by atoms with Crippen LogP contribution in [-0.2, 0) is 16.0 Å². The highest BCUT2D eigenvalue weighted by molar-refractivity contribution is 7.09. The summed E-state index contributed by atoms with van der Waals surface area (Å²) < 4.78 is 12.1. The quantitative estimate of drug-likeness (QED) is 0.668. The fourth-order valence-corrected chi connectivity index (χ4v) is 4.95. The first-order valence-electron chi connectivity index (χ1n) is 10.2. The molecule has 0 aliphatic carbocycles. The minimum Gasteiger partial charge on any atom is -0.487 e. The SMILES string of the molecule is Cc1nc(CC(=O)NC2CC3(CCOCC3)Oc3ccc(-c4ccn[nH]4)cc32)cs1. The largest absolute Gasteiger partial charge is 0.487 e. The summed E-state index contributed by atoms with van der Waals surface area (Å²) in [5.41, 5.74) is 3.48. The summed E-state index contributed by atoms with van der Waals surface area (Å²) >= 11 is 1.56. The van der Waals surface area contributed by atoms with E-state index in [1.165, 1.54) is 0 Å². The Morgan fingerprint density at radius 1 is 1.33 bits per heavy atom. The van der Waals surface area contributed by atoms with Crippen LogP contribution < -0.4 is 10.1 Å². The van der Waals surface area contributed by atoms with Crippen molar-refractivity contribution in [2.24, 2.45) is 0 Å². The molecule has 8 heteroatoms. The van der Waals surface area contributed by atoms with E-state index in [1.54, 1.807) is 17.5 Å². The molecule has 1 unspecified atom stereocenters. The summed E-state index contributed by atoms with van der Waals surface area (Å²) in [6.07, 6.45) is 4.40. The molecule has 1 spiro atoms. The molecule has 0 radical (unpaired) electrons. The van der Waals surface area contributed by atoms with Crippen LogP contribution in [0.15, 0.2) is 35.8 Å². The Hall–Kier alpha value is -2.71. The van der Waals surface area contributed by atoms with E-state index in [9.17, 15) is 4.79 Å². The van der Waals surface area contributed by atoms with Gasteiger partial charge in [0.25, 0.3) is 0 Å². The van der Waals surface area contributed by atoms with Crippen molar-refractivity contribution >= 4 is 17.2 Å². The minimum atomic E-state index is -0.296. The molecule has 2 aliphatic rings. The topological polar surface area (TPSA) is 89.1 Å². The molecule has 5 rings (SSSR count). The predicted molar refractivity (Wildman–Crippen MR) is 113 cm³/mol. The van der Waals surface area contributed by atoms with E-state index in [0.29, 0.717) is 13.2 Å². The van der Waals surface area contributed by atoms with Gasteiger partial charge in [-0.25, -0.2) is 4.98 Å². The first-order valence-corrected chi connectivity index (χ1v) is 11.1. The number of hydrogen-bond acceptors (Lipinski definition) is 6. The summed E-state index contributed by atoms with van der Waals surface area (Å²) in [6, 6.07) is 7.94. The molecule has 2 N–H and O–H groups in total. The lowest BCUT2D eigenvalue weighted by Crippen LogP contribution is -2.48. The van der Waals surface area contributed by atoms with Crippen LogP contribution in [0.5, 0.6) is 5.75 Å².